The second kappa shape index (κ2) is 7.01. The van der Waals surface area contributed by atoms with Crippen molar-refractivity contribution in [1.29, 1.82) is 5.26 Å². The quantitative estimate of drug-likeness (QED) is 0.656. The highest BCUT2D eigenvalue weighted by molar-refractivity contribution is 7.16. The third kappa shape index (κ3) is 3.26. The van der Waals surface area contributed by atoms with E-state index in [0.29, 0.717) is 33.2 Å². The molecule has 1 aromatic carbocycles. The van der Waals surface area contributed by atoms with Gasteiger partial charge in [0.05, 0.1) is 11.1 Å². The maximum Gasteiger partial charge on any atom is 0.259 e. The van der Waals surface area contributed by atoms with E-state index in [1.54, 1.807) is 25.1 Å². The molecule has 4 rings (SSSR count). The number of fused-ring (bicyclic) bond motifs is 1. The van der Waals surface area contributed by atoms with Gasteiger partial charge in [0.25, 0.3) is 5.91 Å². The lowest BCUT2D eigenvalue weighted by Crippen LogP contribution is -2.12. The number of aryl methyl sites for hydroxylation is 2. The maximum atomic E-state index is 13.1. The molecule has 0 bridgehead atoms. The number of thiophene rings is 1. The van der Waals surface area contributed by atoms with E-state index in [2.05, 4.69) is 11.4 Å². The molecular weight excluding hydrogens is 363 g/mol. The Morgan fingerprint density at radius 1 is 1.26 bits per heavy atom. The first-order valence-electron chi connectivity index (χ1n) is 8.79. The van der Waals surface area contributed by atoms with Crippen LogP contribution in [0, 0.1) is 24.1 Å². The number of anilines is 1. The zero-order chi connectivity index (χ0) is 19.0. The second-order valence-electron chi connectivity index (χ2n) is 6.57. The molecule has 2 heterocycles. The Kier molecular flexibility index (Phi) is 4.54. The van der Waals surface area contributed by atoms with Crippen molar-refractivity contribution < 1.29 is 13.6 Å². The average molecular weight is 380 g/mol. The standard InChI is InChI=1S/C21H17FN2O2S/c1-12-16(10-18(26-12)13-6-8-14(22)9-7-13)20(25)24-21-17(11-23)15-4-2-3-5-19(15)27-21/h6-10H,2-5H2,1H3,(H,24,25). The van der Waals surface area contributed by atoms with Gasteiger partial charge in [-0.15, -0.1) is 11.3 Å². The highest BCUT2D eigenvalue weighted by atomic mass is 32.1. The van der Waals surface area contributed by atoms with Crippen LogP contribution in [0.2, 0.25) is 0 Å². The van der Waals surface area contributed by atoms with Gasteiger partial charge < -0.3 is 9.73 Å². The van der Waals surface area contributed by atoms with E-state index in [4.69, 9.17) is 4.42 Å². The minimum Gasteiger partial charge on any atom is -0.461 e. The van der Waals surface area contributed by atoms with Crippen LogP contribution in [0.5, 0.6) is 0 Å². The van der Waals surface area contributed by atoms with E-state index in [9.17, 15) is 14.4 Å². The molecule has 136 valence electrons. The SMILES string of the molecule is Cc1oc(-c2ccc(F)cc2)cc1C(=O)Nc1sc2c(c1C#N)CCCC2. The van der Waals surface area contributed by atoms with Crippen molar-refractivity contribution >= 4 is 22.2 Å². The average Bonchev–Trinajstić information content (AvgIpc) is 3.22. The summed E-state index contributed by atoms with van der Waals surface area (Å²) >= 11 is 1.49. The highest BCUT2D eigenvalue weighted by Crippen LogP contribution is 2.38. The third-order valence-electron chi connectivity index (χ3n) is 4.80. The largest absolute Gasteiger partial charge is 0.461 e. The summed E-state index contributed by atoms with van der Waals surface area (Å²) in [4.78, 5) is 14.0. The molecule has 27 heavy (non-hydrogen) atoms. The van der Waals surface area contributed by atoms with Crippen molar-refractivity contribution in [2.45, 2.75) is 32.6 Å². The summed E-state index contributed by atoms with van der Waals surface area (Å²) in [6.45, 7) is 1.71. The normalized spacial score (nSPS) is 13.1. The lowest BCUT2D eigenvalue weighted by atomic mass is 9.96. The molecule has 3 aromatic rings. The first kappa shape index (κ1) is 17.5. The first-order valence-corrected chi connectivity index (χ1v) is 9.61. The summed E-state index contributed by atoms with van der Waals surface area (Å²) in [5.74, 6) is 0.348. The summed E-state index contributed by atoms with van der Waals surface area (Å²) in [6.07, 6.45) is 4.05. The number of carbonyl (C=O) groups excluding carboxylic acids is 1. The molecule has 1 aliphatic carbocycles. The number of halogens is 1. The number of benzene rings is 1. The molecule has 6 heteroatoms. The lowest BCUT2D eigenvalue weighted by Gasteiger charge is -2.09. The number of hydrogen-bond donors (Lipinski definition) is 1. The smallest absolute Gasteiger partial charge is 0.259 e. The Bertz CT molecular complexity index is 1060. The molecule has 4 nitrogen and oxygen atoms in total. The molecule has 0 spiro atoms. The molecule has 2 aromatic heterocycles. The molecule has 0 aliphatic heterocycles. The van der Waals surface area contributed by atoms with Crippen LogP contribution in [0.4, 0.5) is 9.39 Å². The lowest BCUT2D eigenvalue weighted by molar-refractivity contribution is 0.102. The molecule has 0 saturated carbocycles. The Hall–Kier alpha value is -2.91. The number of hydrogen-bond acceptors (Lipinski definition) is 4. The molecule has 0 saturated heterocycles. The van der Waals surface area contributed by atoms with Crippen molar-refractivity contribution in [2.75, 3.05) is 5.32 Å². The molecule has 0 radical (unpaired) electrons. The van der Waals surface area contributed by atoms with E-state index < -0.39 is 0 Å². The van der Waals surface area contributed by atoms with Crippen LogP contribution in [-0.4, -0.2) is 5.91 Å². The molecule has 0 fully saturated rings. The zero-order valence-corrected chi connectivity index (χ0v) is 15.6. The molecule has 0 unspecified atom stereocenters. The fraction of sp³-hybridized carbons (Fsp3) is 0.238. The number of furan rings is 1. The van der Waals surface area contributed by atoms with Crippen molar-refractivity contribution in [3.8, 4) is 17.4 Å². The Labute approximate surface area is 160 Å². The van der Waals surface area contributed by atoms with Gasteiger partial charge in [0, 0.05) is 10.4 Å². The van der Waals surface area contributed by atoms with Crippen LogP contribution in [0.1, 0.15) is 45.0 Å². The van der Waals surface area contributed by atoms with Gasteiger partial charge >= 0.3 is 0 Å². The van der Waals surface area contributed by atoms with E-state index in [0.717, 1.165) is 31.2 Å². The fourth-order valence-corrected chi connectivity index (χ4v) is 4.64. The van der Waals surface area contributed by atoms with Gasteiger partial charge in [-0.05, 0) is 68.5 Å². The summed E-state index contributed by atoms with van der Waals surface area (Å²) in [6, 6.07) is 9.81. The van der Waals surface area contributed by atoms with Crippen LogP contribution in [0.25, 0.3) is 11.3 Å². The summed E-state index contributed by atoms with van der Waals surface area (Å²) in [5.41, 5.74) is 2.77. The van der Waals surface area contributed by atoms with Crippen LogP contribution in [-0.2, 0) is 12.8 Å². The molecule has 0 atom stereocenters. The number of nitriles is 1. The van der Waals surface area contributed by atoms with Crippen molar-refractivity contribution in [2.24, 2.45) is 0 Å². The first-order chi connectivity index (χ1) is 13.1. The van der Waals surface area contributed by atoms with E-state index >= 15 is 0 Å². The number of carbonyl (C=O) groups is 1. The minimum absolute atomic E-state index is 0.306. The maximum absolute atomic E-state index is 13.1. The summed E-state index contributed by atoms with van der Waals surface area (Å²) in [5, 5.41) is 13.0. The van der Waals surface area contributed by atoms with Crippen molar-refractivity contribution in [3.63, 3.8) is 0 Å². The molecule has 1 amide bonds. The van der Waals surface area contributed by atoms with E-state index in [1.165, 1.54) is 28.3 Å². The zero-order valence-electron chi connectivity index (χ0n) is 14.8. The third-order valence-corrected chi connectivity index (χ3v) is 6.01. The van der Waals surface area contributed by atoms with E-state index in [-0.39, 0.29) is 11.7 Å². The van der Waals surface area contributed by atoms with Gasteiger partial charge in [-0.25, -0.2) is 4.39 Å². The molecule has 1 aliphatic rings. The van der Waals surface area contributed by atoms with Gasteiger partial charge in [0.2, 0.25) is 0 Å². The van der Waals surface area contributed by atoms with Gasteiger partial charge in [-0.1, -0.05) is 0 Å². The highest BCUT2D eigenvalue weighted by Gasteiger charge is 2.23. The number of nitrogens with zero attached hydrogens (tertiary/aromatic N) is 1. The summed E-state index contributed by atoms with van der Waals surface area (Å²) in [7, 11) is 0. The summed E-state index contributed by atoms with van der Waals surface area (Å²) < 4.78 is 18.8. The van der Waals surface area contributed by atoms with Crippen LogP contribution < -0.4 is 5.32 Å². The van der Waals surface area contributed by atoms with Gasteiger partial charge in [0.15, 0.2) is 0 Å². The topological polar surface area (TPSA) is 66.0 Å². The van der Waals surface area contributed by atoms with Crippen LogP contribution in [0.15, 0.2) is 34.7 Å². The second-order valence-corrected chi connectivity index (χ2v) is 7.67. The molecule has 1 N–H and O–H groups in total. The molecular formula is C21H17FN2O2S. The minimum atomic E-state index is -0.328. The van der Waals surface area contributed by atoms with Gasteiger partial charge in [-0.3, -0.25) is 4.79 Å². The number of rotatable bonds is 3. The van der Waals surface area contributed by atoms with Crippen molar-refractivity contribution in [3.05, 3.63) is 63.5 Å². The Morgan fingerprint density at radius 3 is 2.74 bits per heavy atom. The number of nitrogens with one attached hydrogen (secondary N) is 1. The predicted octanol–water partition coefficient (Wildman–Crippen LogP) is 5.46. The Morgan fingerprint density at radius 2 is 2.00 bits per heavy atom. The van der Waals surface area contributed by atoms with Crippen molar-refractivity contribution in [1.82, 2.24) is 0 Å². The van der Waals surface area contributed by atoms with Gasteiger partial charge in [0.1, 0.15) is 28.4 Å². The predicted molar refractivity (Wildman–Crippen MR) is 102 cm³/mol. The monoisotopic (exact) mass is 380 g/mol. The fourth-order valence-electron chi connectivity index (χ4n) is 3.41. The van der Waals surface area contributed by atoms with Crippen LogP contribution in [0.3, 0.4) is 0 Å². The van der Waals surface area contributed by atoms with Gasteiger partial charge in [-0.2, -0.15) is 5.26 Å². The van der Waals surface area contributed by atoms with E-state index in [1.807, 2.05) is 0 Å². The van der Waals surface area contributed by atoms with Crippen LogP contribution >= 0.6 is 11.3 Å². The number of amides is 1. The Balaban J connectivity index is 1.62.